The lowest BCUT2D eigenvalue weighted by atomic mass is 10.0. The third-order valence-corrected chi connectivity index (χ3v) is 3.57. The second-order valence-corrected chi connectivity index (χ2v) is 4.70. The molecule has 0 unspecified atom stereocenters. The first-order valence-electron chi connectivity index (χ1n) is 6.30. The van der Waals surface area contributed by atoms with Gasteiger partial charge >= 0.3 is 0 Å². The van der Waals surface area contributed by atoms with Crippen LogP contribution in [0.15, 0.2) is 42.5 Å². The molecule has 0 atom stereocenters. The lowest BCUT2D eigenvalue weighted by molar-refractivity contribution is 0.0925. The molecule has 3 aromatic rings. The van der Waals surface area contributed by atoms with Crippen molar-refractivity contribution in [3.05, 3.63) is 48.3 Å². The maximum absolute atomic E-state index is 11.9. The molecule has 0 N–H and O–H groups in total. The molecule has 19 heavy (non-hydrogen) atoms. The van der Waals surface area contributed by atoms with E-state index in [1.54, 1.807) is 4.57 Å². The van der Waals surface area contributed by atoms with E-state index in [1.165, 1.54) is 0 Å². The number of hydrogen-bond acceptors (Lipinski definition) is 3. The predicted octanol–water partition coefficient (Wildman–Crippen LogP) is 2.68. The second-order valence-electron chi connectivity index (χ2n) is 4.70. The predicted molar refractivity (Wildman–Crippen MR) is 71.9 cm³/mol. The van der Waals surface area contributed by atoms with E-state index in [4.69, 9.17) is 0 Å². The fourth-order valence-electron chi connectivity index (χ4n) is 2.67. The quantitative estimate of drug-likeness (QED) is 0.666. The largest absolute Gasteiger partial charge is 0.274 e. The SMILES string of the molecule is O=C1CCc2nnc(-c3cccc4ccccc34)n21. The van der Waals surface area contributed by atoms with E-state index >= 15 is 0 Å². The first-order chi connectivity index (χ1) is 9.34. The van der Waals surface area contributed by atoms with Crippen molar-refractivity contribution < 1.29 is 4.79 Å². The van der Waals surface area contributed by atoms with Crippen molar-refractivity contribution in [1.29, 1.82) is 0 Å². The lowest BCUT2D eigenvalue weighted by Gasteiger charge is -2.06. The molecule has 4 nitrogen and oxygen atoms in total. The fourth-order valence-corrected chi connectivity index (χ4v) is 2.67. The highest BCUT2D eigenvalue weighted by atomic mass is 16.2. The molecule has 0 bridgehead atoms. The molecule has 1 aliphatic rings. The van der Waals surface area contributed by atoms with E-state index in [-0.39, 0.29) is 5.91 Å². The van der Waals surface area contributed by atoms with Gasteiger partial charge in [0.2, 0.25) is 5.91 Å². The minimum Gasteiger partial charge on any atom is -0.274 e. The average molecular weight is 249 g/mol. The van der Waals surface area contributed by atoms with Gasteiger partial charge in [-0.2, -0.15) is 0 Å². The van der Waals surface area contributed by atoms with Crippen LogP contribution in [0.5, 0.6) is 0 Å². The Kier molecular flexibility index (Phi) is 2.06. The molecule has 0 radical (unpaired) electrons. The number of aromatic nitrogens is 3. The van der Waals surface area contributed by atoms with Crippen LogP contribution in [0.1, 0.15) is 17.0 Å². The fraction of sp³-hybridized carbons (Fsp3) is 0.133. The van der Waals surface area contributed by atoms with E-state index in [1.807, 2.05) is 30.3 Å². The Morgan fingerprint density at radius 1 is 0.947 bits per heavy atom. The summed E-state index contributed by atoms with van der Waals surface area (Å²) in [6.45, 7) is 0. The van der Waals surface area contributed by atoms with E-state index in [2.05, 4.69) is 22.3 Å². The highest BCUT2D eigenvalue weighted by Crippen LogP contribution is 2.29. The molecule has 0 fully saturated rings. The highest BCUT2D eigenvalue weighted by molar-refractivity contribution is 5.97. The summed E-state index contributed by atoms with van der Waals surface area (Å²) < 4.78 is 1.65. The smallest absolute Gasteiger partial charge is 0.234 e. The van der Waals surface area contributed by atoms with Crippen LogP contribution in [0.25, 0.3) is 22.2 Å². The van der Waals surface area contributed by atoms with Gasteiger partial charge in [0.15, 0.2) is 5.82 Å². The summed E-state index contributed by atoms with van der Waals surface area (Å²) >= 11 is 0. The van der Waals surface area contributed by atoms with Crippen molar-refractivity contribution in [3.63, 3.8) is 0 Å². The van der Waals surface area contributed by atoms with Gasteiger partial charge in [-0.1, -0.05) is 42.5 Å². The van der Waals surface area contributed by atoms with Gasteiger partial charge in [-0.25, -0.2) is 4.57 Å². The summed E-state index contributed by atoms with van der Waals surface area (Å²) in [5, 5.41) is 10.6. The van der Waals surface area contributed by atoms with E-state index in [0.29, 0.717) is 18.7 Å². The Morgan fingerprint density at radius 3 is 2.74 bits per heavy atom. The molecule has 4 heteroatoms. The number of hydrogen-bond donors (Lipinski definition) is 0. The van der Waals surface area contributed by atoms with E-state index in [0.717, 1.165) is 22.2 Å². The number of carbonyl (C=O) groups excluding carboxylic acids is 1. The number of fused-ring (bicyclic) bond motifs is 2. The first-order valence-corrected chi connectivity index (χ1v) is 6.30. The molecular formula is C15H11N3O. The van der Waals surface area contributed by atoms with Crippen LogP contribution in [0, 0.1) is 0 Å². The summed E-state index contributed by atoms with van der Waals surface area (Å²) in [4.78, 5) is 11.9. The number of rotatable bonds is 1. The molecule has 4 rings (SSSR count). The number of aryl methyl sites for hydroxylation is 1. The Bertz CT molecular complexity index is 799. The van der Waals surface area contributed by atoms with Gasteiger partial charge in [0, 0.05) is 18.4 Å². The molecule has 0 spiro atoms. The average Bonchev–Trinajstić information content (AvgIpc) is 3.02. The molecule has 0 aliphatic carbocycles. The maximum atomic E-state index is 11.9. The monoisotopic (exact) mass is 249 g/mol. The molecule has 2 heterocycles. The van der Waals surface area contributed by atoms with Crippen LogP contribution in [0.2, 0.25) is 0 Å². The molecule has 92 valence electrons. The van der Waals surface area contributed by atoms with Crippen LogP contribution in [0.3, 0.4) is 0 Å². The van der Waals surface area contributed by atoms with Gasteiger partial charge in [-0.05, 0) is 10.8 Å². The normalized spacial score (nSPS) is 14.0. The summed E-state index contributed by atoms with van der Waals surface area (Å²) in [7, 11) is 0. The van der Waals surface area contributed by atoms with Crippen molar-refractivity contribution >= 4 is 16.7 Å². The zero-order valence-electron chi connectivity index (χ0n) is 10.2. The molecular weight excluding hydrogens is 238 g/mol. The van der Waals surface area contributed by atoms with Gasteiger partial charge < -0.3 is 0 Å². The minimum absolute atomic E-state index is 0.0861. The van der Waals surface area contributed by atoms with Crippen molar-refractivity contribution in [1.82, 2.24) is 14.8 Å². The third-order valence-electron chi connectivity index (χ3n) is 3.57. The minimum atomic E-state index is 0.0861. The lowest BCUT2D eigenvalue weighted by Crippen LogP contribution is -2.06. The number of benzene rings is 2. The van der Waals surface area contributed by atoms with Crippen molar-refractivity contribution in [2.75, 3.05) is 0 Å². The number of carbonyl (C=O) groups is 1. The summed E-state index contributed by atoms with van der Waals surface area (Å²) in [5.41, 5.74) is 0.965. The topological polar surface area (TPSA) is 47.8 Å². The molecule has 0 saturated heterocycles. The van der Waals surface area contributed by atoms with E-state index < -0.39 is 0 Å². The highest BCUT2D eigenvalue weighted by Gasteiger charge is 2.26. The standard InChI is InChI=1S/C15H11N3O/c19-14-9-8-13-16-17-15(18(13)14)12-7-3-5-10-4-1-2-6-11(10)12/h1-7H,8-9H2. The van der Waals surface area contributed by atoms with Crippen LogP contribution in [0.4, 0.5) is 0 Å². The van der Waals surface area contributed by atoms with Crippen molar-refractivity contribution in [2.24, 2.45) is 0 Å². The Hall–Kier alpha value is -2.49. The van der Waals surface area contributed by atoms with Gasteiger partial charge in [-0.15, -0.1) is 10.2 Å². The van der Waals surface area contributed by atoms with E-state index in [9.17, 15) is 4.79 Å². The van der Waals surface area contributed by atoms with Crippen LogP contribution < -0.4 is 0 Å². The molecule has 1 aromatic heterocycles. The molecule has 2 aromatic carbocycles. The summed E-state index contributed by atoms with van der Waals surface area (Å²) in [6, 6.07) is 14.1. The Labute approximate surface area is 109 Å². The molecule has 0 saturated carbocycles. The van der Waals surface area contributed by atoms with Gasteiger partial charge in [-0.3, -0.25) is 4.79 Å². The Balaban J connectivity index is 2.04. The van der Waals surface area contributed by atoms with Crippen molar-refractivity contribution in [2.45, 2.75) is 12.8 Å². The first kappa shape index (κ1) is 10.4. The second kappa shape index (κ2) is 3.75. The van der Waals surface area contributed by atoms with Crippen LogP contribution in [-0.4, -0.2) is 20.7 Å². The van der Waals surface area contributed by atoms with Crippen LogP contribution >= 0.6 is 0 Å². The van der Waals surface area contributed by atoms with Gasteiger partial charge in [0.25, 0.3) is 0 Å². The third kappa shape index (κ3) is 1.43. The summed E-state index contributed by atoms with van der Waals surface area (Å²) in [5.74, 6) is 1.52. The van der Waals surface area contributed by atoms with Crippen LogP contribution in [-0.2, 0) is 6.42 Å². The maximum Gasteiger partial charge on any atom is 0.234 e. The molecule has 0 amide bonds. The van der Waals surface area contributed by atoms with Gasteiger partial charge in [0.05, 0.1) is 0 Å². The van der Waals surface area contributed by atoms with Crippen molar-refractivity contribution in [3.8, 4) is 11.4 Å². The number of nitrogens with zero attached hydrogens (tertiary/aromatic N) is 3. The molecule has 1 aliphatic heterocycles. The zero-order valence-corrected chi connectivity index (χ0v) is 10.2. The Morgan fingerprint density at radius 2 is 1.79 bits per heavy atom. The van der Waals surface area contributed by atoms with Gasteiger partial charge in [0.1, 0.15) is 5.82 Å². The zero-order chi connectivity index (χ0) is 12.8. The summed E-state index contributed by atoms with van der Waals surface area (Å²) in [6.07, 6.45) is 1.22.